The Bertz CT molecular complexity index is 708. The van der Waals surface area contributed by atoms with Crippen molar-refractivity contribution in [3.05, 3.63) is 53.3 Å². The van der Waals surface area contributed by atoms with E-state index in [1.54, 1.807) is 44.6 Å². The quantitative estimate of drug-likeness (QED) is 0.744. The summed E-state index contributed by atoms with van der Waals surface area (Å²) in [5.41, 5.74) is 1.29. The van der Waals surface area contributed by atoms with Gasteiger partial charge in [0, 0.05) is 17.7 Å². The molecule has 0 unspecified atom stereocenters. The van der Waals surface area contributed by atoms with Gasteiger partial charge in [0.2, 0.25) is 0 Å². The number of carbonyl (C=O) groups is 1. The molecular weight excluding hydrogens is 325 g/mol. The third kappa shape index (κ3) is 4.86. The first kappa shape index (κ1) is 18.6. The summed E-state index contributed by atoms with van der Waals surface area (Å²) in [6, 6.07) is 9.56. The van der Waals surface area contributed by atoms with E-state index in [2.05, 4.69) is 5.32 Å². The van der Waals surface area contributed by atoms with Gasteiger partial charge < -0.3 is 19.5 Å². The molecule has 1 N–H and O–H groups in total. The molecule has 2 rings (SSSR count). The van der Waals surface area contributed by atoms with Crippen molar-refractivity contribution in [2.45, 2.75) is 13.3 Å². The van der Waals surface area contributed by atoms with Crippen molar-refractivity contribution in [1.29, 1.82) is 0 Å². The molecule has 0 heterocycles. The number of methoxy groups -OCH3 is 2. The molecule has 0 aromatic heterocycles. The summed E-state index contributed by atoms with van der Waals surface area (Å²) < 4.78 is 29.3. The molecule has 1 amide bonds. The van der Waals surface area contributed by atoms with Gasteiger partial charge in [-0.1, -0.05) is 12.1 Å². The summed E-state index contributed by atoms with van der Waals surface area (Å²) in [5, 5.41) is 2.80. The molecule has 6 heteroatoms. The number of rotatable bonds is 8. The highest BCUT2D eigenvalue weighted by atomic mass is 19.1. The van der Waals surface area contributed by atoms with Crippen molar-refractivity contribution < 1.29 is 23.4 Å². The number of hydrogen-bond acceptors (Lipinski definition) is 4. The van der Waals surface area contributed by atoms with Gasteiger partial charge in [-0.05, 0) is 37.6 Å². The largest absolute Gasteiger partial charge is 0.496 e. The van der Waals surface area contributed by atoms with Gasteiger partial charge in [0.05, 0.1) is 20.8 Å². The summed E-state index contributed by atoms with van der Waals surface area (Å²) in [6.45, 7) is 2.58. The lowest BCUT2D eigenvalue weighted by Gasteiger charge is -2.13. The Hall–Kier alpha value is -2.76. The Morgan fingerprint density at radius 2 is 1.72 bits per heavy atom. The monoisotopic (exact) mass is 347 g/mol. The van der Waals surface area contributed by atoms with E-state index in [-0.39, 0.29) is 11.7 Å². The molecule has 0 bridgehead atoms. The highest BCUT2D eigenvalue weighted by molar-refractivity contribution is 5.95. The van der Waals surface area contributed by atoms with E-state index in [4.69, 9.17) is 14.2 Å². The Morgan fingerprint density at radius 3 is 2.32 bits per heavy atom. The minimum absolute atomic E-state index is 0.210. The SMILES string of the molecule is COc1cc(C(=O)NCCCOc2ccccc2F)cc(OC)c1C. The minimum Gasteiger partial charge on any atom is -0.496 e. The van der Waals surface area contributed by atoms with Crippen LogP contribution >= 0.6 is 0 Å². The molecule has 0 saturated carbocycles. The molecule has 0 aliphatic rings. The maximum Gasteiger partial charge on any atom is 0.251 e. The van der Waals surface area contributed by atoms with Crippen molar-refractivity contribution >= 4 is 5.91 Å². The lowest BCUT2D eigenvalue weighted by Crippen LogP contribution is -2.25. The zero-order valence-electron chi connectivity index (χ0n) is 14.6. The molecule has 134 valence electrons. The Kier molecular flexibility index (Phi) is 6.62. The summed E-state index contributed by atoms with van der Waals surface area (Å²) in [5.74, 6) is 0.759. The van der Waals surface area contributed by atoms with Crippen LogP contribution in [-0.2, 0) is 0 Å². The van der Waals surface area contributed by atoms with Gasteiger partial charge in [0.1, 0.15) is 11.5 Å². The van der Waals surface area contributed by atoms with Crippen LogP contribution in [0.4, 0.5) is 4.39 Å². The number of halogens is 1. The van der Waals surface area contributed by atoms with E-state index in [1.807, 2.05) is 6.92 Å². The Morgan fingerprint density at radius 1 is 1.08 bits per heavy atom. The van der Waals surface area contributed by atoms with Crippen LogP contribution in [0.1, 0.15) is 22.3 Å². The second-order valence-electron chi connectivity index (χ2n) is 5.39. The van der Waals surface area contributed by atoms with Crippen molar-refractivity contribution in [3.8, 4) is 17.2 Å². The highest BCUT2D eigenvalue weighted by Gasteiger charge is 2.13. The van der Waals surface area contributed by atoms with E-state index in [9.17, 15) is 9.18 Å². The smallest absolute Gasteiger partial charge is 0.251 e. The van der Waals surface area contributed by atoms with Gasteiger partial charge in [-0.25, -0.2) is 4.39 Å². The molecule has 2 aromatic carbocycles. The minimum atomic E-state index is -0.398. The number of benzene rings is 2. The van der Waals surface area contributed by atoms with Gasteiger partial charge >= 0.3 is 0 Å². The van der Waals surface area contributed by atoms with Crippen LogP contribution in [-0.4, -0.2) is 33.3 Å². The fourth-order valence-corrected chi connectivity index (χ4v) is 2.34. The van der Waals surface area contributed by atoms with Gasteiger partial charge in [-0.3, -0.25) is 4.79 Å². The molecule has 0 aliphatic carbocycles. The first-order valence-electron chi connectivity index (χ1n) is 7.95. The van der Waals surface area contributed by atoms with Crippen LogP contribution < -0.4 is 19.5 Å². The number of hydrogen-bond donors (Lipinski definition) is 1. The summed E-state index contributed by atoms with van der Waals surface area (Å²) >= 11 is 0. The Labute approximate surface area is 146 Å². The second-order valence-corrected chi connectivity index (χ2v) is 5.39. The predicted octanol–water partition coefficient (Wildman–Crippen LogP) is 3.35. The van der Waals surface area contributed by atoms with Crippen LogP contribution in [0.5, 0.6) is 17.2 Å². The maximum atomic E-state index is 13.4. The summed E-state index contributed by atoms with van der Waals surface area (Å²) in [4.78, 5) is 12.3. The van der Waals surface area contributed by atoms with Crippen LogP contribution in [0.25, 0.3) is 0 Å². The van der Waals surface area contributed by atoms with E-state index in [1.165, 1.54) is 6.07 Å². The average Bonchev–Trinajstić information content (AvgIpc) is 2.62. The first-order valence-corrected chi connectivity index (χ1v) is 7.95. The molecule has 25 heavy (non-hydrogen) atoms. The maximum absolute atomic E-state index is 13.4. The predicted molar refractivity (Wildman–Crippen MR) is 93.1 cm³/mol. The van der Waals surface area contributed by atoms with Gasteiger partial charge in [0.15, 0.2) is 11.6 Å². The van der Waals surface area contributed by atoms with E-state index >= 15 is 0 Å². The molecule has 0 atom stereocenters. The topological polar surface area (TPSA) is 56.8 Å². The standard InChI is InChI=1S/C19H22FNO4/c1-13-17(23-2)11-14(12-18(13)24-3)19(22)21-9-6-10-25-16-8-5-4-7-15(16)20/h4-5,7-8,11-12H,6,9-10H2,1-3H3,(H,21,22). The van der Waals surface area contributed by atoms with E-state index in [0.717, 1.165) is 5.56 Å². The second kappa shape index (κ2) is 8.92. The number of para-hydroxylation sites is 1. The number of nitrogens with one attached hydrogen (secondary N) is 1. The fraction of sp³-hybridized carbons (Fsp3) is 0.316. The number of amides is 1. The van der Waals surface area contributed by atoms with Crippen LogP contribution in [0.3, 0.4) is 0 Å². The normalized spacial score (nSPS) is 10.2. The van der Waals surface area contributed by atoms with Gasteiger partial charge in [0.25, 0.3) is 5.91 Å². The van der Waals surface area contributed by atoms with Crippen molar-refractivity contribution in [2.24, 2.45) is 0 Å². The van der Waals surface area contributed by atoms with E-state index < -0.39 is 5.82 Å². The number of ether oxygens (including phenoxy) is 3. The third-order valence-electron chi connectivity index (χ3n) is 3.72. The van der Waals surface area contributed by atoms with Gasteiger partial charge in [-0.2, -0.15) is 0 Å². The van der Waals surface area contributed by atoms with Gasteiger partial charge in [-0.15, -0.1) is 0 Å². The zero-order valence-corrected chi connectivity index (χ0v) is 14.6. The fourth-order valence-electron chi connectivity index (χ4n) is 2.34. The summed E-state index contributed by atoms with van der Waals surface area (Å²) in [7, 11) is 3.09. The molecule has 0 radical (unpaired) electrons. The zero-order chi connectivity index (χ0) is 18.2. The van der Waals surface area contributed by atoms with Crippen molar-refractivity contribution in [3.63, 3.8) is 0 Å². The first-order chi connectivity index (χ1) is 12.1. The summed E-state index contributed by atoms with van der Waals surface area (Å²) in [6.07, 6.45) is 0.556. The molecular formula is C19H22FNO4. The molecule has 5 nitrogen and oxygen atoms in total. The van der Waals surface area contributed by atoms with E-state index in [0.29, 0.717) is 36.6 Å². The number of carbonyl (C=O) groups excluding carboxylic acids is 1. The average molecular weight is 347 g/mol. The Balaban J connectivity index is 1.85. The molecule has 2 aromatic rings. The molecule has 0 spiro atoms. The molecule has 0 saturated heterocycles. The molecule has 0 fully saturated rings. The molecule has 0 aliphatic heterocycles. The van der Waals surface area contributed by atoms with Crippen molar-refractivity contribution in [1.82, 2.24) is 5.32 Å². The van der Waals surface area contributed by atoms with Crippen molar-refractivity contribution in [2.75, 3.05) is 27.4 Å². The van der Waals surface area contributed by atoms with Crippen LogP contribution in [0.15, 0.2) is 36.4 Å². The van der Waals surface area contributed by atoms with Crippen LogP contribution in [0.2, 0.25) is 0 Å². The van der Waals surface area contributed by atoms with Crippen LogP contribution in [0, 0.1) is 12.7 Å². The third-order valence-corrected chi connectivity index (χ3v) is 3.72. The highest BCUT2D eigenvalue weighted by Crippen LogP contribution is 2.29. The lowest BCUT2D eigenvalue weighted by atomic mass is 10.1. The lowest BCUT2D eigenvalue weighted by molar-refractivity contribution is 0.0950.